The molecule has 0 saturated carbocycles. The topological polar surface area (TPSA) is 97.0 Å². The molecule has 168 valence electrons. The van der Waals surface area contributed by atoms with Crippen LogP contribution in [-0.2, 0) is 28.1 Å². The number of carbonyl (C=O) groups excluding carboxylic acids is 3. The first-order chi connectivity index (χ1) is 15.3. The van der Waals surface area contributed by atoms with E-state index in [-0.39, 0.29) is 19.2 Å². The monoisotopic (exact) mass is 437 g/mol. The van der Waals surface area contributed by atoms with Crippen molar-refractivity contribution in [3.05, 3.63) is 59.2 Å². The maximum atomic E-state index is 13.0. The third kappa shape index (κ3) is 4.00. The summed E-state index contributed by atoms with van der Waals surface area (Å²) in [7, 11) is 0. The number of nitrogens with zero attached hydrogens (tertiary/aromatic N) is 1. The molecular weight excluding hydrogens is 410 g/mol. The fourth-order valence-electron chi connectivity index (χ4n) is 4.11. The second-order valence-electron chi connectivity index (χ2n) is 8.22. The molecule has 0 spiro atoms. The normalized spacial score (nSPS) is 21.7. The summed E-state index contributed by atoms with van der Waals surface area (Å²) < 4.78 is 11.6. The average Bonchev–Trinajstić information content (AvgIpc) is 3.24. The van der Waals surface area contributed by atoms with Crippen LogP contribution in [0.1, 0.15) is 37.5 Å². The third-order valence-electron chi connectivity index (χ3n) is 5.78. The van der Waals surface area contributed by atoms with Crippen LogP contribution >= 0.6 is 0 Å². The van der Waals surface area contributed by atoms with E-state index in [0.717, 1.165) is 28.2 Å². The summed E-state index contributed by atoms with van der Waals surface area (Å²) in [6, 6.07) is 12.2. The number of benzene rings is 2. The van der Waals surface area contributed by atoms with E-state index in [9.17, 15) is 14.4 Å². The highest BCUT2D eigenvalue weighted by atomic mass is 16.5. The molecule has 2 heterocycles. The standard InChI is InChI=1S/C24H27N3O5/c1-4-31-19-11-16-10-15(2)32-20(16)12-17(19)13-25-21(28)14-27-22(29)24(3,26-23(27)30)18-8-6-5-7-9-18/h5-9,11-12,15H,4,10,13-14H2,1-3H3,(H,25,28)(H,26,30)/t15-,24-/m1/s1. The first kappa shape index (κ1) is 21.7. The number of imide groups is 1. The number of urea groups is 1. The van der Waals surface area contributed by atoms with Gasteiger partial charge >= 0.3 is 6.03 Å². The van der Waals surface area contributed by atoms with Gasteiger partial charge in [-0.25, -0.2) is 4.79 Å². The lowest BCUT2D eigenvalue weighted by atomic mass is 9.92. The van der Waals surface area contributed by atoms with Gasteiger partial charge in [0.15, 0.2) is 0 Å². The fraction of sp³-hybridized carbons (Fsp3) is 0.375. The molecule has 8 heteroatoms. The van der Waals surface area contributed by atoms with Crippen molar-refractivity contribution in [1.29, 1.82) is 0 Å². The molecule has 2 aromatic rings. The Labute approximate surface area is 186 Å². The van der Waals surface area contributed by atoms with Crippen molar-refractivity contribution in [3.8, 4) is 11.5 Å². The minimum absolute atomic E-state index is 0.0999. The molecule has 0 aromatic heterocycles. The molecule has 0 bridgehead atoms. The van der Waals surface area contributed by atoms with Gasteiger partial charge in [0.25, 0.3) is 5.91 Å². The highest BCUT2D eigenvalue weighted by molar-refractivity contribution is 6.09. The molecule has 2 aliphatic heterocycles. The summed E-state index contributed by atoms with van der Waals surface area (Å²) in [6.07, 6.45) is 0.914. The van der Waals surface area contributed by atoms with Crippen molar-refractivity contribution >= 4 is 17.8 Å². The highest BCUT2D eigenvalue weighted by Crippen LogP contribution is 2.35. The number of amides is 4. The lowest BCUT2D eigenvalue weighted by Crippen LogP contribution is -2.43. The molecule has 2 aliphatic rings. The summed E-state index contributed by atoms with van der Waals surface area (Å²) in [5.41, 5.74) is 1.32. The van der Waals surface area contributed by atoms with Crippen LogP contribution in [0.4, 0.5) is 4.79 Å². The van der Waals surface area contributed by atoms with Gasteiger partial charge in [-0.1, -0.05) is 30.3 Å². The van der Waals surface area contributed by atoms with Gasteiger partial charge in [-0.05, 0) is 38.5 Å². The minimum atomic E-state index is -1.20. The molecule has 8 nitrogen and oxygen atoms in total. The Morgan fingerprint density at radius 1 is 1.28 bits per heavy atom. The van der Waals surface area contributed by atoms with Crippen LogP contribution in [-0.4, -0.2) is 42.0 Å². The van der Waals surface area contributed by atoms with Crippen LogP contribution in [0, 0.1) is 0 Å². The molecule has 1 saturated heterocycles. The maximum absolute atomic E-state index is 13.0. The smallest absolute Gasteiger partial charge is 0.325 e. The molecule has 1 fully saturated rings. The number of carbonyl (C=O) groups is 3. The van der Waals surface area contributed by atoms with Gasteiger partial charge in [0.2, 0.25) is 5.91 Å². The molecule has 0 unspecified atom stereocenters. The Hall–Kier alpha value is -3.55. The molecule has 2 aromatic carbocycles. The summed E-state index contributed by atoms with van der Waals surface area (Å²) in [5, 5.41) is 5.49. The van der Waals surface area contributed by atoms with Crippen molar-refractivity contribution in [2.75, 3.05) is 13.2 Å². The largest absolute Gasteiger partial charge is 0.494 e. The average molecular weight is 437 g/mol. The number of hydrogen-bond acceptors (Lipinski definition) is 5. The first-order valence-electron chi connectivity index (χ1n) is 10.7. The van der Waals surface area contributed by atoms with E-state index in [1.807, 2.05) is 32.0 Å². The van der Waals surface area contributed by atoms with Gasteiger partial charge in [0.05, 0.1) is 6.61 Å². The lowest BCUT2D eigenvalue weighted by Gasteiger charge is -2.22. The van der Waals surface area contributed by atoms with Crippen LogP contribution in [0.25, 0.3) is 0 Å². The molecule has 0 radical (unpaired) electrons. The van der Waals surface area contributed by atoms with Gasteiger partial charge in [-0.3, -0.25) is 14.5 Å². The van der Waals surface area contributed by atoms with Gasteiger partial charge in [-0.15, -0.1) is 0 Å². The van der Waals surface area contributed by atoms with Gasteiger partial charge in [-0.2, -0.15) is 0 Å². The first-order valence-corrected chi connectivity index (χ1v) is 10.7. The lowest BCUT2D eigenvalue weighted by molar-refractivity contribution is -0.134. The van der Waals surface area contributed by atoms with E-state index in [2.05, 4.69) is 10.6 Å². The second kappa shape index (κ2) is 8.53. The van der Waals surface area contributed by atoms with Crippen molar-refractivity contribution in [2.24, 2.45) is 0 Å². The zero-order chi connectivity index (χ0) is 22.9. The number of hydrogen-bond donors (Lipinski definition) is 2. The quantitative estimate of drug-likeness (QED) is 0.649. The van der Waals surface area contributed by atoms with E-state index in [1.165, 1.54) is 0 Å². The zero-order valence-corrected chi connectivity index (χ0v) is 18.4. The Bertz CT molecular complexity index is 1060. The summed E-state index contributed by atoms with van der Waals surface area (Å²) in [4.78, 5) is 39.0. The van der Waals surface area contributed by atoms with Crippen molar-refractivity contribution in [2.45, 2.75) is 45.4 Å². The number of rotatable bonds is 7. The van der Waals surface area contributed by atoms with Crippen LogP contribution < -0.4 is 20.1 Å². The molecule has 4 amide bonds. The summed E-state index contributed by atoms with van der Waals surface area (Å²) in [5.74, 6) is 0.579. The third-order valence-corrected chi connectivity index (χ3v) is 5.78. The van der Waals surface area contributed by atoms with Crippen LogP contribution in [0.5, 0.6) is 11.5 Å². The number of ether oxygens (including phenoxy) is 2. The van der Waals surface area contributed by atoms with E-state index in [0.29, 0.717) is 17.9 Å². The van der Waals surface area contributed by atoms with Gasteiger partial charge < -0.3 is 20.1 Å². The molecular formula is C24H27N3O5. The predicted octanol–water partition coefficient (Wildman–Crippen LogP) is 2.49. The number of nitrogens with one attached hydrogen (secondary N) is 2. The van der Waals surface area contributed by atoms with Crippen LogP contribution in [0.3, 0.4) is 0 Å². The molecule has 2 N–H and O–H groups in total. The summed E-state index contributed by atoms with van der Waals surface area (Å²) in [6.45, 7) is 5.87. The molecule has 0 aliphatic carbocycles. The Morgan fingerprint density at radius 2 is 2.03 bits per heavy atom. The predicted molar refractivity (Wildman–Crippen MR) is 117 cm³/mol. The maximum Gasteiger partial charge on any atom is 0.325 e. The van der Waals surface area contributed by atoms with Crippen molar-refractivity contribution < 1.29 is 23.9 Å². The zero-order valence-electron chi connectivity index (χ0n) is 18.4. The van der Waals surface area contributed by atoms with Crippen LogP contribution in [0.2, 0.25) is 0 Å². The van der Waals surface area contributed by atoms with Crippen molar-refractivity contribution in [3.63, 3.8) is 0 Å². The van der Waals surface area contributed by atoms with E-state index < -0.39 is 23.4 Å². The minimum Gasteiger partial charge on any atom is -0.494 e. The van der Waals surface area contributed by atoms with Crippen LogP contribution in [0.15, 0.2) is 42.5 Å². The Kier molecular flexibility index (Phi) is 5.78. The molecule has 2 atom stereocenters. The van der Waals surface area contributed by atoms with Gasteiger partial charge in [0.1, 0.15) is 29.7 Å². The highest BCUT2D eigenvalue weighted by Gasteiger charge is 2.49. The van der Waals surface area contributed by atoms with Crippen molar-refractivity contribution in [1.82, 2.24) is 15.5 Å². The number of fused-ring (bicyclic) bond motifs is 1. The second-order valence-corrected chi connectivity index (χ2v) is 8.22. The van der Waals surface area contributed by atoms with E-state index in [4.69, 9.17) is 9.47 Å². The van der Waals surface area contributed by atoms with E-state index in [1.54, 1.807) is 31.2 Å². The molecule has 32 heavy (non-hydrogen) atoms. The fourth-order valence-corrected chi connectivity index (χ4v) is 4.11. The SMILES string of the molecule is CCOc1cc2c(cc1CNC(=O)CN1C(=O)N[C@](C)(c3ccccc3)C1=O)O[C@H](C)C2. The Balaban J connectivity index is 1.43. The van der Waals surface area contributed by atoms with E-state index >= 15 is 0 Å². The van der Waals surface area contributed by atoms with Gasteiger partial charge in [0, 0.05) is 24.1 Å². The Morgan fingerprint density at radius 3 is 2.75 bits per heavy atom. The summed E-state index contributed by atoms with van der Waals surface area (Å²) >= 11 is 0. The molecule has 4 rings (SSSR count).